The van der Waals surface area contributed by atoms with E-state index < -0.39 is 39.8 Å². The molecule has 1 unspecified atom stereocenters. The Hall–Kier alpha value is -3.51. The Morgan fingerprint density at radius 2 is 1.65 bits per heavy atom. The van der Waals surface area contributed by atoms with Gasteiger partial charge in [-0.2, -0.15) is 5.10 Å². The Bertz CT molecular complexity index is 1360. The second kappa shape index (κ2) is 8.69. The van der Waals surface area contributed by atoms with E-state index in [-0.39, 0.29) is 33.8 Å². The molecule has 1 atom stereocenters. The highest BCUT2D eigenvalue weighted by molar-refractivity contribution is 7.89. The normalized spacial score (nSPS) is 16.5. The first-order valence-corrected chi connectivity index (χ1v) is 11.3. The molecule has 178 valence electrons. The number of sulfonamides is 1. The van der Waals surface area contributed by atoms with Crippen LogP contribution in [0, 0.1) is 11.6 Å². The zero-order chi connectivity index (χ0) is 24.7. The Labute approximate surface area is 191 Å². The van der Waals surface area contributed by atoms with Gasteiger partial charge in [0.25, 0.3) is 0 Å². The molecule has 0 aliphatic carbocycles. The van der Waals surface area contributed by atoms with Crippen LogP contribution in [-0.2, 0) is 10.0 Å². The van der Waals surface area contributed by atoms with Crippen LogP contribution in [0.1, 0.15) is 23.6 Å². The lowest BCUT2D eigenvalue weighted by Gasteiger charge is -2.24. The maximum Gasteiger partial charge on any atom is 0.573 e. The molecule has 3 aromatic rings. The molecule has 0 radical (unpaired) electrons. The Kier molecular flexibility index (Phi) is 6.04. The van der Waals surface area contributed by atoms with Gasteiger partial charge in [0.05, 0.1) is 22.3 Å². The van der Waals surface area contributed by atoms with Crippen molar-refractivity contribution in [2.24, 2.45) is 10.2 Å². The number of hydrogen-bond acceptors (Lipinski definition) is 5. The third-order valence-electron chi connectivity index (χ3n) is 5.10. The standard InChI is InChI=1S/C22H16F5N3O3S/c23-17-6-3-5-16(21(17)24)19-12-18(15-4-1-2-7-20(15)33-22(25,26)27)29-30(19)13-8-10-14(11-9-13)34(28,31)32/h1-11,19H,12H2,(H2,28,31,32). The van der Waals surface area contributed by atoms with E-state index in [1.54, 1.807) is 0 Å². The van der Waals surface area contributed by atoms with E-state index in [0.717, 1.165) is 12.1 Å². The molecule has 0 saturated carbocycles. The molecule has 0 bridgehead atoms. The average molecular weight is 497 g/mol. The summed E-state index contributed by atoms with van der Waals surface area (Å²) in [6.45, 7) is 0. The lowest BCUT2D eigenvalue weighted by atomic mass is 9.97. The van der Waals surface area contributed by atoms with Crippen LogP contribution in [0.5, 0.6) is 5.75 Å². The van der Waals surface area contributed by atoms with Crippen molar-refractivity contribution in [3.8, 4) is 5.75 Å². The predicted molar refractivity (Wildman–Crippen MR) is 114 cm³/mol. The van der Waals surface area contributed by atoms with Gasteiger partial charge in [-0.1, -0.05) is 24.3 Å². The van der Waals surface area contributed by atoms with Gasteiger partial charge in [0, 0.05) is 17.5 Å². The number of para-hydroxylation sites is 1. The summed E-state index contributed by atoms with van der Waals surface area (Å²) in [5.74, 6) is -2.73. The fourth-order valence-electron chi connectivity index (χ4n) is 3.64. The van der Waals surface area contributed by atoms with Crippen LogP contribution < -0.4 is 14.9 Å². The quantitative estimate of drug-likeness (QED) is 0.510. The number of rotatable bonds is 5. The molecule has 3 aromatic carbocycles. The van der Waals surface area contributed by atoms with Gasteiger partial charge in [-0.3, -0.25) is 5.01 Å². The van der Waals surface area contributed by atoms with Crippen LogP contribution in [0.2, 0.25) is 0 Å². The summed E-state index contributed by atoms with van der Waals surface area (Å²) in [5, 5.41) is 10.8. The number of nitrogens with zero attached hydrogens (tertiary/aromatic N) is 2. The Morgan fingerprint density at radius 1 is 0.971 bits per heavy atom. The first kappa shape index (κ1) is 23.6. The van der Waals surface area contributed by atoms with E-state index in [0.29, 0.717) is 0 Å². The van der Waals surface area contributed by atoms with Crippen molar-refractivity contribution in [3.63, 3.8) is 0 Å². The highest BCUT2D eigenvalue weighted by Crippen LogP contribution is 2.40. The van der Waals surface area contributed by atoms with Crippen molar-refractivity contribution in [1.29, 1.82) is 0 Å². The molecule has 1 aliphatic rings. The number of anilines is 1. The lowest BCUT2D eigenvalue weighted by Crippen LogP contribution is -2.20. The van der Waals surface area contributed by atoms with E-state index in [1.807, 2.05) is 0 Å². The van der Waals surface area contributed by atoms with Crippen LogP contribution in [0.15, 0.2) is 76.7 Å². The number of alkyl halides is 3. The molecular weight excluding hydrogens is 481 g/mol. The van der Waals surface area contributed by atoms with Crippen molar-refractivity contribution in [2.45, 2.75) is 23.7 Å². The summed E-state index contributed by atoms with van der Waals surface area (Å²) in [6, 6.07) is 13.1. The fourth-order valence-corrected chi connectivity index (χ4v) is 4.15. The number of primary sulfonamides is 1. The maximum absolute atomic E-state index is 14.7. The first-order chi connectivity index (χ1) is 15.9. The molecule has 0 fully saturated rings. The smallest absolute Gasteiger partial charge is 0.405 e. The lowest BCUT2D eigenvalue weighted by molar-refractivity contribution is -0.274. The molecule has 0 saturated heterocycles. The number of halogens is 5. The monoisotopic (exact) mass is 497 g/mol. The summed E-state index contributed by atoms with van der Waals surface area (Å²) < 4.78 is 94.6. The zero-order valence-corrected chi connectivity index (χ0v) is 17.9. The van der Waals surface area contributed by atoms with E-state index >= 15 is 0 Å². The maximum atomic E-state index is 14.7. The summed E-state index contributed by atoms with van der Waals surface area (Å²) in [5.41, 5.74) is 0.350. The SMILES string of the molecule is NS(=O)(=O)c1ccc(N2N=C(c3ccccc3OC(F)(F)F)CC2c2cccc(F)c2F)cc1. The Balaban J connectivity index is 1.81. The Morgan fingerprint density at radius 3 is 2.29 bits per heavy atom. The summed E-state index contributed by atoms with van der Waals surface area (Å²) >= 11 is 0. The summed E-state index contributed by atoms with van der Waals surface area (Å²) in [4.78, 5) is -0.183. The van der Waals surface area contributed by atoms with Crippen LogP contribution in [0.25, 0.3) is 0 Å². The molecule has 1 heterocycles. The van der Waals surface area contributed by atoms with Crippen molar-refractivity contribution < 1.29 is 35.1 Å². The third kappa shape index (κ3) is 4.87. The molecule has 12 heteroatoms. The zero-order valence-electron chi connectivity index (χ0n) is 17.1. The van der Waals surface area contributed by atoms with Crippen LogP contribution in [0.3, 0.4) is 0 Å². The second-order valence-corrected chi connectivity index (χ2v) is 8.90. The average Bonchev–Trinajstić information content (AvgIpc) is 3.19. The number of hydrogen-bond donors (Lipinski definition) is 1. The fraction of sp³-hybridized carbons (Fsp3) is 0.136. The topological polar surface area (TPSA) is 85.0 Å². The van der Waals surface area contributed by atoms with E-state index in [1.165, 1.54) is 59.6 Å². The summed E-state index contributed by atoms with van der Waals surface area (Å²) in [7, 11) is -3.98. The minimum atomic E-state index is -4.95. The molecule has 34 heavy (non-hydrogen) atoms. The van der Waals surface area contributed by atoms with Gasteiger partial charge in [0.1, 0.15) is 5.75 Å². The van der Waals surface area contributed by atoms with Gasteiger partial charge in [0.2, 0.25) is 10.0 Å². The number of ether oxygens (including phenoxy) is 1. The van der Waals surface area contributed by atoms with Crippen molar-refractivity contribution >= 4 is 21.4 Å². The van der Waals surface area contributed by atoms with Gasteiger partial charge in [-0.15, -0.1) is 13.2 Å². The van der Waals surface area contributed by atoms with Crippen molar-refractivity contribution in [2.75, 3.05) is 5.01 Å². The molecule has 0 amide bonds. The summed E-state index contributed by atoms with van der Waals surface area (Å²) in [6.07, 6.45) is -5.04. The first-order valence-electron chi connectivity index (χ1n) is 9.72. The third-order valence-corrected chi connectivity index (χ3v) is 6.03. The highest BCUT2D eigenvalue weighted by Gasteiger charge is 2.36. The predicted octanol–water partition coefficient (Wildman–Crippen LogP) is 4.87. The molecule has 4 rings (SSSR count). The van der Waals surface area contributed by atoms with E-state index in [4.69, 9.17) is 5.14 Å². The second-order valence-electron chi connectivity index (χ2n) is 7.34. The molecule has 2 N–H and O–H groups in total. The molecule has 1 aliphatic heterocycles. The largest absolute Gasteiger partial charge is 0.573 e. The van der Waals surface area contributed by atoms with Crippen LogP contribution in [0.4, 0.5) is 27.6 Å². The number of benzene rings is 3. The molecule has 0 spiro atoms. The number of hydrazone groups is 1. The van der Waals surface area contributed by atoms with Gasteiger partial charge < -0.3 is 4.74 Å². The van der Waals surface area contributed by atoms with E-state index in [9.17, 15) is 30.4 Å². The molecule has 0 aromatic heterocycles. The minimum Gasteiger partial charge on any atom is -0.405 e. The van der Waals surface area contributed by atoms with E-state index in [2.05, 4.69) is 9.84 Å². The minimum absolute atomic E-state index is 0.0188. The van der Waals surface area contributed by atoms with Crippen LogP contribution in [-0.4, -0.2) is 20.5 Å². The van der Waals surface area contributed by atoms with Crippen molar-refractivity contribution in [3.05, 3.63) is 89.5 Å². The van der Waals surface area contributed by atoms with Gasteiger partial charge in [-0.25, -0.2) is 22.3 Å². The van der Waals surface area contributed by atoms with Crippen molar-refractivity contribution in [1.82, 2.24) is 0 Å². The van der Waals surface area contributed by atoms with Crippen LogP contribution >= 0.6 is 0 Å². The molecular formula is C22H16F5N3O3S. The number of nitrogens with two attached hydrogens (primary N) is 1. The van der Waals surface area contributed by atoms with Gasteiger partial charge in [0.15, 0.2) is 11.6 Å². The van der Waals surface area contributed by atoms with Gasteiger partial charge in [-0.05, 0) is 42.5 Å². The highest BCUT2D eigenvalue weighted by atomic mass is 32.2. The van der Waals surface area contributed by atoms with Gasteiger partial charge >= 0.3 is 6.36 Å². The molecule has 6 nitrogen and oxygen atoms in total.